The molecule has 9 heteroatoms. The van der Waals surface area contributed by atoms with E-state index in [4.69, 9.17) is 9.47 Å². The molecule has 2 aromatic heterocycles. The van der Waals surface area contributed by atoms with E-state index in [-0.39, 0.29) is 17.5 Å². The first-order valence-corrected chi connectivity index (χ1v) is 8.48. The highest BCUT2D eigenvalue weighted by Gasteiger charge is 2.33. The van der Waals surface area contributed by atoms with Crippen LogP contribution in [0.1, 0.15) is 6.42 Å². The Hall–Kier alpha value is -2.26. The molecular weight excluding hydrogens is 320 g/mol. The molecule has 0 aromatic carbocycles. The fraction of sp³-hybridized carbons (Fsp3) is 0.357. The van der Waals surface area contributed by atoms with Crippen LogP contribution in [0.5, 0.6) is 11.8 Å². The highest BCUT2D eigenvalue weighted by molar-refractivity contribution is 7.89. The Balaban J connectivity index is 1.66. The Morgan fingerprint density at radius 2 is 2.00 bits per heavy atom. The number of hydrogen-bond donors (Lipinski definition) is 0. The number of nitrogens with zero attached hydrogens (tertiary/aromatic N) is 4. The van der Waals surface area contributed by atoms with Crippen molar-refractivity contribution in [2.24, 2.45) is 0 Å². The standard InChI is InChI=1S/C14H16N4O4S/c1-21-13-4-5-14(17-16-13)22-11-6-8-18(10-11)23(19,20)12-3-2-7-15-9-12/h2-5,7,9,11H,6,8,10H2,1H3/t11-/m0/s1. The van der Waals surface area contributed by atoms with Gasteiger partial charge in [-0.05, 0) is 18.6 Å². The van der Waals surface area contributed by atoms with Crippen LogP contribution in [0.15, 0.2) is 41.6 Å². The van der Waals surface area contributed by atoms with Gasteiger partial charge in [0, 0.05) is 31.1 Å². The maximum absolute atomic E-state index is 12.5. The minimum Gasteiger partial charge on any atom is -0.480 e. The van der Waals surface area contributed by atoms with Crippen molar-refractivity contribution in [2.45, 2.75) is 17.4 Å². The second-order valence-electron chi connectivity index (χ2n) is 4.99. The molecule has 0 N–H and O–H groups in total. The molecule has 1 aliphatic heterocycles. The smallest absolute Gasteiger partial charge is 0.244 e. The van der Waals surface area contributed by atoms with Crippen LogP contribution in [0.25, 0.3) is 0 Å². The molecule has 0 unspecified atom stereocenters. The zero-order valence-electron chi connectivity index (χ0n) is 12.5. The first-order chi connectivity index (χ1) is 11.1. The highest BCUT2D eigenvalue weighted by Crippen LogP contribution is 2.23. The molecule has 0 saturated carbocycles. The molecule has 0 radical (unpaired) electrons. The number of aromatic nitrogens is 3. The number of hydrogen-bond acceptors (Lipinski definition) is 7. The van der Waals surface area contributed by atoms with Crippen LogP contribution < -0.4 is 9.47 Å². The summed E-state index contributed by atoms with van der Waals surface area (Å²) in [6.45, 7) is 0.663. The molecule has 2 aromatic rings. The van der Waals surface area contributed by atoms with Crippen LogP contribution in [0.3, 0.4) is 0 Å². The topological polar surface area (TPSA) is 94.5 Å². The van der Waals surface area contributed by atoms with Gasteiger partial charge in [-0.1, -0.05) is 0 Å². The van der Waals surface area contributed by atoms with E-state index in [1.807, 2.05) is 0 Å². The fourth-order valence-electron chi connectivity index (χ4n) is 2.31. The molecule has 122 valence electrons. The molecule has 8 nitrogen and oxygen atoms in total. The maximum atomic E-state index is 12.5. The number of methoxy groups -OCH3 is 1. The van der Waals surface area contributed by atoms with Crippen molar-refractivity contribution in [2.75, 3.05) is 20.2 Å². The average molecular weight is 336 g/mol. The number of sulfonamides is 1. The predicted octanol–water partition coefficient (Wildman–Crippen LogP) is 0.722. The SMILES string of the molecule is COc1ccc(O[C@H]2CCN(S(=O)(=O)c3cccnc3)C2)nn1. The molecular formula is C14H16N4O4S. The monoisotopic (exact) mass is 336 g/mol. The van der Waals surface area contributed by atoms with Gasteiger partial charge < -0.3 is 9.47 Å². The van der Waals surface area contributed by atoms with E-state index in [1.54, 1.807) is 18.2 Å². The predicted molar refractivity (Wildman–Crippen MR) is 80.6 cm³/mol. The lowest BCUT2D eigenvalue weighted by Crippen LogP contribution is -2.31. The van der Waals surface area contributed by atoms with E-state index in [0.29, 0.717) is 24.7 Å². The third-order valence-corrected chi connectivity index (χ3v) is 5.34. The molecule has 1 atom stereocenters. The quantitative estimate of drug-likeness (QED) is 0.794. The summed E-state index contributed by atoms with van der Waals surface area (Å²) in [6, 6.07) is 6.42. The van der Waals surface area contributed by atoms with Crippen molar-refractivity contribution >= 4 is 10.0 Å². The molecule has 0 bridgehead atoms. The molecule has 3 heterocycles. The largest absolute Gasteiger partial charge is 0.480 e. The Bertz CT molecular complexity index is 752. The minimum atomic E-state index is -3.54. The molecule has 1 saturated heterocycles. The van der Waals surface area contributed by atoms with Gasteiger partial charge in [0.05, 0.1) is 13.7 Å². The van der Waals surface area contributed by atoms with E-state index in [9.17, 15) is 8.42 Å². The van der Waals surface area contributed by atoms with E-state index in [2.05, 4.69) is 15.2 Å². The third kappa shape index (κ3) is 3.40. The van der Waals surface area contributed by atoms with Crippen molar-refractivity contribution in [1.29, 1.82) is 0 Å². The number of pyridine rings is 1. The van der Waals surface area contributed by atoms with Crippen LogP contribution in [0.2, 0.25) is 0 Å². The summed E-state index contributed by atoms with van der Waals surface area (Å²) in [6.07, 6.45) is 3.22. The Morgan fingerprint density at radius 3 is 2.65 bits per heavy atom. The first-order valence-electron chi connectivity index (χ1n) is 7.04. The van der Waals surface area contributed by atoms with Gasteiger partial charge in [-0.3, -0.25) is 4.98 Å². The summed E-state index contributed by atoms with van der Waals surface area (Å²) in [5.74, 6) is 0.737. The van der Waals surface area contributed by atoms with E-state index < -0.39 is 10.0 Å². The third-order valence-electron chi connectivity index (χ3n) is 3.49. The van der Waals surface area contributed by atoms with Crippen molar-refractivity contribution < 1.29 is 17.9 Å². The van der Waals surface area contributed by atoms with E-state index in [0.717, 1.165) is 0 Å². The summed E-state index contributed by atoms with van der Waals surface area (Å²) in [5, 5.41) is 7.70. The number of ether oxygens (including phenoxy) is 2. The van der Waals surface area contributed by atoms with Gasteiger partial charge in [-0.15, -0.1) is 10.2 Å². The van der Waals surface area contributed by atoms with Crippen LogP contribution in [-0.4, -0.2) is 54.2 Å². The van der Waals surface area contributed by atoms with Gasteiger partial charge in [0.1, 0.15) is 11.0 Å². The van der Waals surface area contributed by atoms with Crippen molar-refractivity contribution in [3.05, 3.63) is 36.7 Å². The van der Waals surface area contributed by atoms with Crippen LogP contribution in [0, 0.1) is 0 Å². The second-order valence-corrected chi connectivity index (χ2v) is 6.93. The summed E-state index contributed by atoms with van der Waals surface area (Å²) >= 11 is 0. The van der Waals surface area contributed by atoms with Gasteiger partial charge in [0.15, 0.2) is 0 Å². The average Bonchev–Trinajstić information content (AvgIpc) is 3.06. The van der Waals surface area contributed by atoms with Gasteiger partial charge >= 0.3 is 0 Å². The maximum Gasteiger partial charge on any atom is 0.244 e. The zero-order chi connectivity index (χ0) is 16.3. The van der Waals surface area contributed by atoms with Crippen molar-refractivity contribution in [3.8, 4) is 11.8 Å². The zero-order valence-corrected chi connectivity index (χ0v) is 13.3. The Morgan fingerprint density at radius 1 is 1.22 bits per heavy atom. The Kier molecular flexibility index (Phi) is 4.39. The number of rotatable bonds is 5. The lowest BCUT2D eigenvalue weighted by Gasteiger charge is -2.16. The lowest BCUT2D eigenvalue weighted by atomic mass is 10.3. The highest BCUT2D eigenvalue weighted by atomic mass is 32.2. The van der Waals surface area contributed by atoms with Crippen LogP contribution in [0.4, 0.5) is 0 Å². The summed E-state index contributed by atoms with van der Waals surface area (Å²) in [7, 11) is -2.04. The molecule has 0 spiro atoms. The minimum absolute atomic E-state index is 0.185. The van der Waals surface area contributed by atoms with Crippen molar-refractivity contribution in [3.63, 3.8) is 0 Å². The molecule has 0 aliphatic carbocycles. The van der Waals surface area contributed by atoms with E-state index in [1.165, 1.54) is 29.9 Å². The fourth-order valence-corrected chi connectivity index (χ4v) is 3.76. The van der Waals surface area contributed by atoms with Crippen LogP contribution >= 0.6 is 0 Å². The Labute approximate surface area is 134 Å². The van der Waals surface area contributed by atoms with Gasteiger partial charge in [-0.2, -0.15) is 4.31 Å². The normalized spacial score (nSPS) is 18.7. The van der Waals surface area contributed by atoms with Gasteiger partial charge in [0.2, 0.25) is 21.8 Å². The molecule has 23 heavy (non-hydrogen) atoms. The van der Waals surface area contributed by atoms with Crippen LogP contribution in [-0.2, 0) is 10.0 Å². The molecule has 0 amide bonds. The van der Waals surface area contributed by atoms with Gasteiger partial charge in [-0.25, -0.2) is 8.42 Å². The second kappa shape index (κ2) is 6.47. The summed E-state index contributed by atoms with van der Waals surface area (Å²) in [5.41, 5.74) is 0. The van der Waals surface area contributed by atoms with E-state index >= 15 is 0 Å². The lowest BCUT2D eigenvalue weighted by molar-refractivity contribution is 0.203. The molecule has 3 rings (SSSR count). The summed E-state index contributed by atoms with van der Waals surface area (Å²) < 4.78 is 37.0. The molecule has 1 fully saturated rings. The first kappa shape index (κ1) is 15.6. The summed E-state index contributed by atoms with van der Waals surface area (Å²) in [4.78, 5) is 4.04. The van der Waals surface area contributed by atoms with Gasteiger partial charge in [0.25, 0.3) is 0 Å². The molecule has 1 aliphatic rings. The van der Waals surface area contributed by atoms with Crippen molar-refractivity contribution in [1.82, 2.24) is 19.5 Å².